The van der Waals surface area contributed by atoms with Gasteiger partial charge in [0.05, 0.1) is 25.5 Å². The Bertz CT molecular complexity index is 1240. The largest absolute Gasteiger partial charge is 0.497 e. The first-order valence-electron chi connectivity index (χ1n) is 9.95. The molecule has 0 bridgehead atoms. The van der Waals surface area contributed by atoms with E-state index in [2.05, 4.69) is 29.8 Å². The van der Waals surface area contributed by atoms with Crippen molar-refractivity contribution in [3.05, 3.63) is 52.7 Å². The average molecular weight is 440 g/mol. The van der Waals surface area contributed by atoms with Gasteiger partial charge in [0.15, 0.2) is 11.0 Å². The van der Waals surface area contributed by atoms with Crippen LogP contribution in [-0.4, -0.2) is 54.2 Å². The van der Waals surface area contributed by atoms with Gasteiger partial charge in [-0.3, -0.25) is 14.5 Å². The molecule has 0 radical (unpaired) electrons. The first-order valence-corrected chi connectivity index (χ1v) is 10.9. The van der Waals surface area contributed by atoms with Crippen LogP contribution in [0, 0.1) is 0 Å². The van der Waals surface area contributed by atoms with E-state index < -0.39 is 0 Å². The van der Waals surface area contributed by atoms with Gasteiger partial charge in [-0.15, -0.1) is 10.2 Å². The Morgan fingerprint density at radius 3 is 2.94 bits per heavy atom. The molecule has 1 fully saturated rings. The van der Waals surface area contributed by atoms with E-state index in [1.54, 1.807) is 7.11 Å². The Morgan fingerprint density at radius 1 is 1.29 bits per heavy atom. The highest BCUT2D eigenvalue weighted by molar-refractivity contribution is 7.98. The third-order valence-corrected chi connectivity index (χ3v) is 6.15. The van der Waals surface area contributed by atoms with Crippen molar-refractivity contribution < 1.29 is 9.47 Å². The van der Waals surface area contributed by atoms with Crippen molar-refractivity contribution >= 4 is 17.5 Å². The first-order chi connectivity index (χ1) is 15.2. The summed E-state index contributed by atoms with van der Waals surface area (Å²) in [5.41, 5.74) is 1.39. The van der Waals surface area contributed by atoms with Crippen LogP contribution in [0.25, 0.3) is 17.2 Å². The van der Waals surface area contributed by atoms with E-state index in [1.165, 1.54) is 28.7 Å². The minimum atomic E-state index is -0.196. The van der Waals surface area contributed by atoms with E-state index >= 15 is 0 Å². The predicted molar refractivity (Wildman–Crippen MR) is 114 cm³/mol. The Labute approximate surface area is 181 Å². The summed E-state index contributed by atoms with van der Waals surface area (Å²) >= 11 is 1.49. The van der Waals surface area contributed by atoms with E-state index in [1.807, 2.05) is 24.3 Å². The second-order valence-electron chi connectivity index (χ2n) is 7.18. The predicted octanol–water partition coefficient (Wildman–Crippen LogP) is 2.16. The number of hydrogen-bond acceptors (Lipinski definition) is 8. The molecule has 4 aromatic rings. The van der Waals surface area contributed by atoms with Gasteiger partial charge in [-0.2, -0.15) is 4.52 Å². The molecule has 5 rings (SSSR count). The summed E-state index contributed by atoms with van der Waals surface area (Å²) in [6.45, 7) is 1.45. The molecule has 0 aliphatic carbocycles. The quantitative estimate of drug-likeness (QED) is 0.436. The minimum Gasteiger partial charge on any atom is -0.497 e. The van der Waals surface area contributed by atoms with Crippen LogP contribution in [0.2, 0.25) is 0 Å². The zero-order valence-electron chi connectivity index (χ0n) is 16.9. The van der Waals surface area contributed by atoms with Crippen molar-refractivity contribution in [2.24, 2.45) is 0 Å². The molecule has 1 aliphatic heterocycles. The number of nitrogens with one attached hydrogen (secondary N) is 1. The summed E-state index contributed by atoms with van der Waals surface area (Å²) < 4.78 is 14.5. The van der Waals surface area contributed by atoms with E-state index in [9.17, 15) is 4.79 Å². The number of aromatic nitrogens is 7. The molecule has 1 N–H and O–H groups in total. The van der Waals surface area contributed by atoms with E-state index in [0.717, 1.165) is 41.7 Å². The van der Waals surface area contributed by atoms with Crippen LogP contribution in [0.3, 0.4) is 0 Å². The molecule has 1 aliphatic rings. The van der Waals surface area contributed by atoms with Gasteiger partial charge in [-0.05, 0) is 37.1 Å². The molecule has 31 heavy (non-hydrogen) atoms. The van der Waals surface area contributed by atoms with Crippen LogP contribution in [0.1, 0.15) is 18.5 Å². The fraction of sp³-hybridized carbons (Fsp3) is 0.350. The van der Waals surface area contributed by atoms with Crippen LogP contribution >= 0.6 is 11.8 Å². The number of hydrogen-bond donors (Lipinski definition) is 1. The second kappa shape index (κ2) is 8.52. The molecule has 1 saturated heterocycles. The van der Waals surface area contributed by atoms with Crippen molar-refractivity contribution in [1.82, 2.24) is 34.3 Å². The van der Waals surface area contributed by atoms with Crippen LogP contribution in [-0.2, 0) is 17.0 Å². The van der Waals surface area contributed by atoms with Gasteiger partial charge in [-0.25, -0.2) is 9.97 Å². The number of H-pyrrole nitrogens is 1. The summed E-state index contributed by atoms with van der Waals surface area (Å²) in [4.78, 5) is 20.7. The van der Waals surface area contributed by atoms with Gasteiger partial charge in [0.1, 0.15) is 12.1 Å². The maximum Gasteiger partial charge on any atom is 0.274 e. The zero-order chi connectivity index (χ0) is 21.2. The fourth-order valence-corrected chi connectivity index (χ4v) is 4.43. The molecule has 11 heteroatoms. The van der Waals surface area contributed by atoms with E-state index in [0.29, 0.717) is 23.8 Å². The lowest BCUT2D eigenvalue weighted by atomic mass is 10.2. The first kappa shape index (κ1) is 19.8. The fourth-order valence-electron chi connectivity index (χ4n) is 3.59. The third kappa shape index (κ3) is 4.06. The van der Waals surface area contributed by atoms with Gasteiger partial charge < -0.3 is 9.47 Å². The lowest BCUT2D eigenvalue weighted by Crippen LogP contribution is -2.17. The lowest BCUT2D eigenvalue weighted by molar-refractivity contribution is 0.0953. The Kier molecular flexibility index (Phi) is 5.43. The highest BCUT2D eigenvalue weighted by atomic mass is 32.2. The summed E-state index contributed by atoms with van der Waals surface area (Å²) in [7, 11) is 1.64. The molecule has 0 spiro atoms. The van der Waals surface area contributed by atoms with E-state index in [4.69, 9.17) is 9.47 Å². The number of benzene rings is 1. The third-order valence-electron chi connectivity index (χ3n) is 5.15. The molecule has 4 heterocycles. The molecule has 0 saturated carbocycles. The molecule has 0 unspecified atom stereocenters. The summed E-state index contributed by atoms with van der Waals surface area (Å²) in [6, 6.07) is 9.26. The van der Waals surface area contributed by atoms with Crippen molar-refractivity contribution in [2.45, 2.75) is 36.4 Å². The topological polar surface area (TPSA) is 112 Å². The van der Waals surface area contributed by atoms with Crippen LogP contribution in [0.15, 0.2) is 46.6 Å². The van der Waals surface area contributed by atoms with E-state index in [-0.39, 0.29) is 11.7 Å². The number of thioether (sulfide) groups is 1. The Balaban J connectivity index is 1.43. The molecular formula is C20H21N7O3S. The maximum atomic E-state index is 12.2. The SMILES string of the molecule is COc1ccc(-c2nnc(SCc3cc(=O)n4[nH]cnc4n3)n2C[C@H]2CCCO2)cc1. The zero-order valence-corrected chi connectivity index (χ0v) is 17.7. The number of nitrogens with zero attached hydrogens (tertiary/aromatic N) is 6. The molecular weight excluding hydrogens is 418 g/mol. The molecule has 3 aromatic heterocycles. The van der Waals surface area contributed by atoms with Crippen molar-refractivity contribution in [1.29, 1.82) is 0 Å². The molecule has 160 valence electrons. The number of methoxy groups -OCH3 is 1. The van der Waals surface area contributed by atoms with Crippen LogP contribution < -0.4 is 10.3 Å². The second-order valence-corrected chi connectivity index (χ2v) is 8.12. The number of fused-ring (bicyclic) bond motifs is 1. The molecule has 0 amide bonds. The molecule has 10 nitrogen and oxygen atoms in total. The van der Waals surface area contributed by atoms with Gasteiger partial charge >= 0.3 is 0 Å². The summed E-state index contributed by atoms with van der Waals surface area (Å²) in [5.74, 6) is 2.39. The standard InChI is InChI=1S/C20H21N7O3S/c1-29-15-6-4-13(5-7-15)18-24-25-20(26(18)10-16-3-2-8-30-16)31-11-14-9-17(28)27-19(23-14)21-12-22-27/h4-7,9,12,16H,2-3,8,10-11H2,1H3,(H,21,22,23)/t16-/m1/s1. The van der Waals surface area contributed by atoms with Gasteiger partial charge in [0.25, 0.3) is 11.3 Å². The summed E-state index contributed by atoms with van der Waals surface area (Å²) in [5, 5.41) is 12.4. The number of rotatable bonds is 7. The van der Waals surface area contributed by atoms with Crippen molar-refractivity contribution in [3.8, 4) is 17.1 Å². The highest BCUT2D eigenvalue weighted by Crippen LogP contribution is 2.29. The summed E-state index contributed by atoms with van der Waals surface area (Å²) in [6.07, 6.45) is 3.65. The van der Waals surface area contributed by atoms with Gasteiger partial charge in [0, 0.05) is 24.0 Å². The monoisotopic (exact) mass is 439 g/mol. The molecule has 1 aromatic carbocycles. The Hall–Kier alpha value is -3.18. The maximum absolute atomic E-state index is 12.2. The lowest BCUT2D eigenvalue weighted by Gasteiger charge is -2.15. The van der Waals surface area contributed by atoms with Crippen molar-refractivity contribution in [3.63, 3.8) is 0 Å². The number of ether oxygens (including phenoxy) is 2. The minimum absolute atomic E-state index is 0.135. The highest BCUT2D eigenvalue weighted by Gasteiger charge is 2.22. The van der Waals surface area contributed by atoms with Crippen LogP contribution in [0.4, 0.5) is 0 Å². The smallest absolute Gasteiger partial charge is 0.274 e. The van der Waals surface area contributed by atoms with Crippen molar-refractivity contribution in [2.75, 3.05) is 13.7 Å². The van der Waals surface area contributed by atoms with Crippen LogP contribution in [0.5, 0.6) is 5.75 Å². The normalized spacial score (nSPS) is 16.2. The average Bonchev–Trinajstić information content (AvgIpc) is 3.54. The molecule has 1 atom stereocenters. The van der Waals surface area contributed by atoms with Gasteiger partial charge in [-0.1, -0.05) is 11.8 Å². The Morgan fingerprint density at radius 2 is 2.16 bits per heavy atom. The number of aromatic amines is 1. The van der Waals surface area contributed by atoms with Gasteiger partial charge in [0.2, 0.25) is 0 Å².